The van der Waals surface area contributed by atoms with Crippen LogP contribution in [0.15, 0.2) is 24.3 Å². The maximum atomic E-state index is 5.45. The third-order valence-corrected chi connectivity index (χ3v) is 2.67. The second-order valence-electron chi connectivity index (χ2n) is 2.95. The lowest BCUT2D eigenvalue weighted by Crippen LogP contribution is -2.04. The first-order chi connectivity index (χ1) is 6.84. The van der Waals surface area contributed by atoms with Gasteiger partial charge in [-0.05, 0) is 41.1 Å². The highest BCUT2D eigenvalue weighted by molar-refractivity contribution is 14.1. The lowest BCUT2D eigenvalue weighted by molar-refractivity contribution is 0.0136. The fraction of sp³-hybridized carbons (Fsp3) is 0.455. The van der Waals surface area contributed by atoms with Crippen LogP contribution >= 0.6 is 22.6 Å². The summed E-state index contributed by atoms with van der Waals surface area (Å²) in [6.45, 7) is 3.27. The third kappa shape index (κ3) is 4.28. The molecule has 0 spiro atoms. The molecule has 0 amide bonds. The molecule has 0 aliphatic heterocycles. The zero-order valence-electron chi connectivity index (χ0n) is 8.33. The first-order valence-electron chi connectivity index (χ1n) is 4.79. The van der Waals surface area contributed by atoms with Crippen molar-refractivity contribution in [2.75, 3.05) is 13.4 Å². The Morgan fingerprint density at radius 1 is 1.29 bits per heavy atom. The van der Waals surface area contributed by atoms with Crippen molar-refractivity contribution in [3.8, 4) is 5.75 Å². The molecule has 0 saturated carbocycles. The average Bonchev–Trinajstić information content (AvgIpc) is 2.20. The molecule has 0 N–H and O–H groups in total. The molecule has 3 heteroatoms. The van der Waals surface area contributed by atoms with Gasteiger partial charge in [-0.25, -0.2) is 0 Å². The molecule has 2 nitrogen and oxygen atoms in total. The summed E-state index contributed by atoms with van der Waals surface area (Å²) in [4.78, 5) is 0. The summed E-state index contributed by atoms with van der Waals surface area (Å²) in [5.41, 5.74) is 0. The van der Waals surface area contributed by atoms with E-state index >= 15 is 0 Å². The van der Waals surface area contributed by atoms with Crippen LogP contribution in [-0.2, 0) is 4.74 Å². The highest BCUT2D eigenvalue weighted by Crippen LogP contribution is 2.19. The summed E-state index contributed by atoms with van der Waals surface area (Å²) in [6.07, 6.45) is 2.25. The van der Waals surface area contributed by atoms with Gasteiger partial charge in [0.1, 0.15) is 5.75 Å². The highest BCUT2D eigenvalue weighted by atomic mass is 127. The maximum absolute atomic E-state index is 5.45. The molecule has 0 aliphatic carbocycles. The van der Waals surface area contributed by atoms with Gasteiger partial charge in [-0.2, -0.15) is 0 Å². The smallest absolute Gasteiger partial charge is 0.189 e. The number of unbranched alkanes of at least 4 members (excludes halogenated alkanes) is 1. The molecule has 0 atom stereocenters. The first-order valence-corrected chi connectivity index (χ1v) is 5.87. The van der Waals surface area contributed by atoms with Crippen LogP contribution in [0.5, 0.6) is 5.75 Å². The summed E-state index contributed by atoms with van der Waals surface area (Å²) < 4.78 is 11.9. The van der Waals surface area contributed by atoms with Crippen molar-refractivity contribution in [2.24, 2.45) is 0 Å². The van der Waals surface area contributed by atoms with Crippen molar-refractivity contribution in [3.63, 3.8) is 0 Å². The van der Waals surface area contributed by atoms with Crippen molar-refractivity contribution in [1.29, 1.82) is 0 Å². The summed E-state index contributed by atoms with van der Waals surface area (Å²) in [5.74, 6) is 0.893. The van der Waals surface area contributed by atoms with Gasteiger partial charge in [-0.3, -0.25) is 0 Å². The Balaban J connectivity index is 2.21. The Bertz CT molecular complexity index is 263. The molecule has 14 heavy (non-hydrogen) atoms. The predicted octanol–water partition coefficient (Wildman–Crippen LogP) is 3.44. The molecule has 0 unspecified atom stereocenters. The van der Waals surface area contributed by atoms with E-state index in [0.29, 0.717) is 6.79 Å². The monoisotopic (exact) mass is 306 g/mol. The van der Waals surface area contributed by atoms with Gasteiger partial charge in [0.05, 0.1) is 10.2 Å². The van der Waals surface area contributed by atoms with Gasteiger partial charge in [-0.1, -0.05) is 25.5 Å². The maximum Gasteiger partial charge on any atom is 0.189 e. The molecule has 0 saturated heterocycles. The van der Waals surface area contributed by atoms with Crippen LogP contribution in [0, 0.1) is 3.57 Å². The van der Waals surface area contributed by atoms with Crippen LogP contribution in [0.2, 0.25) is 0 Å². The predicted molar refractivity (Wildman–Crippen MR) is 65.5 cm³/mol. The van der Waals surface area contributed by atoms with E-state index in [2.05, 4.69) is 29.5 Å². The Labute approximate surface area is 98.7 Å². The highest BCUT2D eigenvalue weighted by Gasteiger charge is 1.97. The summed E-state index contributed by atoms with van der Waals surface area (Å²) in [7, 11) is 0. The van der Waals surface area contributed by atoms with E-state index in [1.54, 1.807) is 0 Å². The number of benzene rings is 1. The molecule has 0 bridgehead atoms. The lowest BCUT2D eigenvalue weighted by Gasteiger charge is -2.07. The minimum Gasteiger partial charge on any atom is -0.466 e. The first kappa shape index (κ1) is 11.8. The van der Waals surface area contributed by atoms with Crippen molar-refractivity contribution in [1.82, 2.24) is 0 Å². The topological polar surface area (TPSA) is 18.5 Å². The molecule has 0 radical (unpaired) electrons. The van der Waals surface area contributed by atoms with E-state index in [0.717, 1.165) is 28.8 Å². The van der Waals surface area contributed by atoms with E-state index in [1.807, 2.05) is 24.3 Å². The van der Waals surface area contributed by atoms with Crippen LogP contribution in [0.4, 0.5) is 0 Å². The number of rotatable bonds is 6. The summed E-state index contributed by atoms with van der Waals surface area (Å²) in [5, 5.41) is 0. The van der Waals surface area contributed by atoms with E-state index in [-0.39, 0.29) is 0 Å². The number of hydrogen-bond acceptors (Lipinski definition) is 2. The molecule has 1 rings (SSSR count). The standard InChI is InChI=1S/C11H15IO2/c1-2-3-8-13-9-14-11-7-5-4-6-10(11)12/h4-7H,2-3,8-9H2,1H3. The van der Waals surface area contributed by atoms with E-state index in [1.165, 1.54) is 0 Å². The average molecular weight is 306 g/mol. The minimum atomic E-state index is 0.347. The van der Waals surface area contributed by atoms with Gasteiger partial charge in [0.2, 0.25) is 0 Å². The SMILES string of the molecule is CCCCOCOc1ccccc1I. The van der Waals surface area contributed by atoms with Gasteiger partial charge in [0.15, 0.2) is 6.79 Å². The normalized spacial score (nSPS) is 10.1. The molecule has 0 aromatic heterocycles. The van der Waals surface area contributed by atoms with Gasteiger partial charge in [0, 0.05) is 0 Å². The van der Waals surface area contributed by atoms with Crippen molar-refractivity contribution < 1.29 is 9.47 Å². The number of para-hydroxylation sites is 1. The lowest BCUT2D eigenvalue weighted by atomic mass is 10.3. The van der Waals surface area contributed by atoms with Gasteiger partial charge >= 0.3 is 0 Å². The van der Waals surface area contributed by atoms with Crippen LogP contribution in [-0.4, -0.2) is 13.4 Å². The minimum absolute atomic E-state index is 0.347. The quantitative estimate of drug-likeness (QED) is 0.455. The Kier molecular flexibility index (Phi) is 5.94. The van der Waals surface area contributed by atoms with Crippen LogP contribution in [0.25, 0.3) is 0 Å². The second-order valence-corrected chi connectivity index (χ2v) is 4.12. The van der Waals surface area contributed by atoms with Crippen LogP contribution in [0.1, 0.15) is 19.8 Å². The van der Waals surface area contributed by atoms with Gasteiger partial charge < -0.3 is 9.47 Å². The number of hydrogen-bond donors (Lipinski definition) is 0. The van der Waals surface area contributed by atoms with Crippen molar-refractivity contribution in [2.45, 2.75) is 19.8 Å². The van der Waals surface area contributed by atoms with Crippen molar-refractivity contribution >= 4 is 22.6 Å². The van der Waals surface area contributed by atoms with Crippen LogP contribution in [0.3, 0.4) is 0 Å². The Hall–Kier alpha value is -0.290. The van der Waals surface area contributed by atoms with Gasteiger partial charge in [-0.15, -0.1) is 0 Å². The van der Waals surface area contributed by atoms with Gasteiger partial charge in [0.25, 0.3) is 0 Å². The Morgan fingerprint density at radius 2 is 2.07 bits per heavy atom. The zero-order chi connectivity index (χ0) is 10.2. The van der Waals surface area contributed by atoms with Crippen LogP contribution < -0.4 is 4.74 Å². The fourth-order valence-electron chi connectivity index (χ4n) is 0.972. The van der Waals surface area contributed by atoms with Crippen molar-refractivity contribution in [3.05, 3.63) is 27.8 Å². The third-order valence-electron chi connectivity index (χ3n) is 1.78. The largest absolute Gasteiger partial charge is 0.466 e. The molecular formula is C11H15IO2. The molecule has 0 aliphatic rings. The molecule has 78 valence electrons. The number of ether oxygens (including phenoxy) is 2. The van der Waals surface area contributed by atoms with E-state index in [9.17, 15) is 0 Å². The number of halogens is 1. The molecule has 1 aromatic carbocycles. The molecule has 1 aromatic rings. The Morgan fingerprint density at radius 3 is 2.79 bits per heavy atom. The molecule has 0 heterocycles. The summed E-state index contributed by atoms with van der Waals surface area (Å²) in [6, 6.07) is 7.92. The zero-order valence-corrected chi connectivity index (χ0v) is 10.5. The summed E-state index contributed by atoms with van der Waals surface area (Å²) >= 11 is 2.25. The van der Waals surface area contributed by atoms with E-state index in [4.69, 9.17) is 9.47 Å². The molecule has 0 fully saturated rings. The molecular weight excluding hydrogens is 291 g/mol. The van der Waals surface area contributed by atoms with E-state index < -0.39 is 0 Å². The fourth-order valence-corrected chi connectivity index (χ4v) is 1.52. The second kappa shape index (κ2) is 7.06.